The van der Waals surface area contributed by atoms with Crippen LogP contribution in [0.5, 0.6) is 0 Å². The van der Waals surface area contributed by atoms with Gasteiger partial charge >= 0.3 is 0 Å². The fourth-order valence-electron chi connectivity index (χ4n) is 2.96. The molecule has 3 rings (SSSR count). The van der Waals surface area contributed by atoms with Crippen molar-refractivity contribution in [2.75, 3.05) is 31.1 Å². The number of nitrogens with zero attached hydrogens (tertiary/aromatic N) is 1. The molecule has 0 unspecified atom stereocenters. The molecule has 0 spiro atoms. The van der Waals surface area contributed by atoms with E-state index in [1.807, 2.05) is 48.6 Å². The number of carbonyl (C=O) groups excluding carboxylic acids is 1. The molecule has 1 aliphatic heterocycles. The molecule has 0 aromatic heterocycles. The molecule has 0 saturated carbocycles. The number of anilines is 1. The number of rotatable bonds is 6. The Kier molecular flexibility index (Phi) is 5.81. The monoisotopic (exact) mass is 332 g/mol. The molecule has 1 saturated heterocycles. The fraction of sp³-hybridized carbons (Fsp3) is 0.227. The summed E-state index contributed by atoms with van der Waals surface area (Å²) in [6, 6.07) is 16.1. The number of allylic oxidation sites excluding steroid dienone is 2. The smallest absolute Gasteiger partial charge is 0.185 e. The third-order valence-electron chi connectivity index (χ3n) is 4.42. The lowest BCUT2D eigenvalue weighted by molar-refractivity contribution is 0.104. The van der Waals surface area contributed by atoms with Crippen LogP contribution in [0.15, 0.2) is 67.3 Å². The van der Waals surface area contributed by atoms with Crippen molar-refractivity contribution in [3.05, 3.63) is 84.0 Å². The van der Waals surface area contributed by atoms with Gasteiger partial charge in [-0.05, 0) is 47.9 Å². The first-order valence-electron chi connectivity index (χ1n) is 8.74. The van der Waals surface area contributed by atoms with Crippen LogP contribution in [0.25, 0.3) is 6.08 Å². The van der Waals surface area contributed by atoms with E-state index in [1.54, 1.807) is 6.08 Å². The maximum atomic E-state index is 12.4. The van der Waals surface area contributed by atoms with Crippen LogP contribution in [0.2, 0.25) is 0 Å². The molecule has 1 heterocycles. The highest BCUT2D eigenvalue weighted by Crippen LogP contribution is 2.16. The van der Waals surface area contributed by atoms with Crippen LogP contribution in [0.1, 0.15) is 21.5 Å². The van der Waals surface area contributed by atoms with Crippen LogP contribution >= 0.6 is 0 Å². The molecular formula is C22H24N2O. The molecule has 1 fully saturated rings. The molecule has 25 heavy (non-hydrogen) atoms. The van der Waals surface area contributed by atoms with Crippen LogP contribution < -0.4 is 10.2 Å². The van der Waals surface area contributed by atoms with Gasteiger partial charge in [-0.3, -0.25) is 4.79 Å². The van der Waals surface area contributed by atoms with Gasteiger partial charge in [-0.25, -0.2) is 0 Å². The number of nitrogens with one attached hydrogen (secondary N) is 1. The molecule has 0 aliphatic carbocycles. The second-order valence-corrected chi connectivity index (χ2v) is 6.22. The molecule has 0 atom stereocenters. The third-order valence-corrected chi connectivity index (χ3v) is 4.42. The Balaban J connectivity index is 1.63. The molecule has 3 heteroatoms. The van der Waals surface area contributed by atoms with Crippen LogP contribution in [0.4, 0.5) is 5.69 Å². The van der Waals surface area contributed by atoms with Gasteiger partial charge in [0.25, 0.3) is 0 Å². The van der Waals surface area contributed by atoms with Gasteiger partial charge in [0.05, 0.1) is 0 Å². The lowest BCUT2D eigenvalue weighted by Gasteiger charge is -2.29. The fourth-order valence-corrected chi connectivity index (χ4v) is 2.96. The topological polar surface area (TPSA) is 32.3 Å². The average Bonchev–Trinajstić information content (AvgIpc) is 2.68. The second-order valence-electron chi connectivity index (χ2n) is 6.22. The van der Waals surface area contributed by atoms with Crippen molar-refractivity contribution in [3.8, 4) is 0 Å². The first-order chi connectivity index (χ1) is 12.3. The van der Waals surface area contributed by atoms with E-state index in [2.05, 4.69) is 28.9 Å². The summed E-state index contributed by atoms with van der Waals surface area (Å²) < 4.78 is 0. The number of carbonyl (C=O) groups is 1. The number of benzene rings is 2. The minimum atomic E-state index is 0.0297. The van der Waals surface area contributed by atoms with Gasteiger partial charge in [0.15, 0.2) is 5.78 Å². The highest BCUT2D eigenvalue weighted by atomic mass is 16.1. The minimum absolute atomic E-state index is 0.0297. The predicted octanol–water partition coefficient (Wildman–Crippen LogP) is 3.72. The lowest BCUT2D eigenvalue weighted by atomic mass is 10.1. The van der Waals surface area contributed by atoms with E-state index < -0.39 is 0 Å². The minimum Gasteiger partial charge on any atom is -0.369 e. The van der Waals surface area contributed by atoms with Crippen LogP contribution in [0, 0.1) is 0 Å². The third kappa shape index (κ3) is 4.68. The van der Waals surface area contributed by atoms with E-state index in [1.165, 1.54) is 11.3 Å². The van der Waals surface area contributed by atoms with E-state index in [9.17, 15) is 4.79 Å². The van der Waals surface area contributed by atoms with Crippen molar-refractivity contribution in [3.63, 3.8) is 0 Å². The summed E-state index contributed by atoms with van der Waals surface area (Å²) in [7, 11) is 0. The Morgan fingerprint density at radius 2 is 1.72 bits per heavy atom. The molecule has 1 N–H and O–H groups in total. The summed E-state index contributed by atoms with van der Waals surface area (Å²) in [5, 5.41) is 3.35. The molecular weight excluding hydrogens is 308 g/mol. The molecule has 0 radical (unpaired) electrons. The van der Waals surface area contributed by atoms with Gasteiger partial charge in [-0.2, -0.15) is 0 Å². The zero-order valence-corrected chi connectivity index (χ0v) is 14.4. The highest BCUT2D eigenvalue weighted by Gasteiger charge is 2.10. The standard InChI is InChI=1S/C22H24N2O/c1-2-3-18-4-6-19(7-5-18)8-13-22(25)20-9-11-21(12-10-20)24-16-14-23-15-17-24/h2,4-13,23H,1,3,14-17H2/b13-8+. The Morgan fingerprint density at radius 3 is 2.36 bits per heavy atom. The Hall–Kier alpha value is -2.65. The van der Waals surface area contributed by atoms with E-state index >= 15 is 0 Å². The Morgan fingerprint density at radius 1 is 1.04 bits per heavy atom. The van der Waals surface area contributed by atoms with Gasteiger partial charge < -0.3 is 10.2 Å². The molecule has 2 aromatic rings. The Labute approximate surface area is 149 Å². The Bertz CT molecular complexity index is 739. The summed E-state index contributed by atoms with van der Waals surface area (Å²) >= 11 is 0. The normalized spacial score (nSPS) is 14.6. The molecule has 0 bridgehead atoms. The second kappa shape index (κ2) is 8.45. The highest BCUT2D eigenvalue weighted by molar-refractivity contribution is 6.06. The van der Waals surface area contributed by atoms with Crippen molar-refractivity contribution >= 4 is 17.5 Å². The van der Waals surface area contributed by atoms with E-state index in [4.69, 9.17) is 0 Å². The van der Waals surface area contributed by atoms with Crippen LogP contribution in [-0.2, 0) is 6.42 Å². The molecule has 3 nitrogen and oxygen atoms in total. The molecule has 2 aromatic carbocycles. The van der Waals surface area contributed by atoms with Crippen molar-refractivity contribution < 1.29 is 4.79 Å². The SMILES string of the molecule is C=CCc1ccc(/C=C/C(=O)c2ccc(N3CCNCC3)cc2)cc1. The van der Waals surface area contributed by atoms with E-state index in [-0.39, 0.29) is 5.78 Å². The van der Waals surface area contributed by atoms with Gasteiger partial charge in [0.2, 0.25) is 0 Å². The number of hydrogen-bond donors (Lipinski definition) is 1. The number of hydrogen-bond acceptors (Lipinski definition) is 3. The van der Waals surface area contributed by atoms with E-state index in [0.29, 0.717) is 0 Å². The van der Waals surface area contributed by atoms with Gasteiger partial charge in [-0.1, -0.05) is 36.4 Å². The predicted molar refractivity (Wildman–Crippen MR) is 105 cm³/mol. The molecule has 128 valence electrons. The van der Waals surface area contributed by atoms with Crippen LogP contribution in [0.3, 0.4) is 0 Å². The maximum Gasteiger partial charge on any atom is 0.185 e. The number of ketones is 1. The zero-order chi connectivity index (χ0) is 17.5. The largest absolute Gasteiger partial charge is 0.369 e. The van der Waals surface area contributed by atoms with Gasteiger partial charge in [-0.15, -0.1) is 6.58 Å². The van der Waals surface area contributed by atoms with Crippen molar-refractivity contribution in [1.29, 1.82) is 0 Å². The zero-order valence-electron chi connectivity index (χ0n) is 14.4. The van der Waals surface area contributed by atoms with Crippen molar-refractivity contribution in [1.82, 2.24) is 5.32 Å². The van der Waals surface area contributed by atoms with Crippen LogP contribution in [-0.4, -0.2) is 32.0 Å². The first-order valence-corrected chi connectivity index (χ1v) is 8.74. The van der Waals surface area contributed by atoms with Gasteiger partial charge in [0.1, 0.15) is 0 Å². The average molecular weight is 332 g/mol. The summed E-state index contributed by atoms with van der Waals surface area (Å²) in [6.45, 7) is 7.78. The summed E-state index contributed by atoms with van der Waals surface area (Å²) in [5.74, 6) is 0.0297. The number of piperazine rings is 1. The molecule has 0 amide bonds. The summed E-state index contributed by atoms with van der Waals surface area (Å²) in [6.07, 6.45) is 6.26. The van der Waals surface area contributed by atoms with Crippen molar-refractivity contribution in [2.24, 2.45) is 0 Å². The summed E-state index contributed by atoms with van der Waals surface area (Å²) in [5.41, 5.74) is 4.15. The lowest BCUT2D eigenvalue weighted by Crippen LogP contribution is -2.43. The maximum absolute atomic E-state index is 12.4. The quantitative estimate of drug-likeness (QED) is 0.497. The van der Waals surface area contributed by atoms with Gasteiger partial charge in [0, 0.05) is 37.4 Å². The summed E-state index contributed by atoms with van der Waals surface area (Å²) in [4.78, 5) is 14.7. The first kappa shape index (κ1) is 17.2. The van der Waals surface area contributed by atoms with Crippen molar-refractivity contribution in [2.45, 2.75) is 6.42 Å². The molecule has 1 aliphatic rings. The van der Waals surface area contributed by atoms with E-state index in [0.717, 1.165) is 43.7 Å².